The van der Waals surface area contributed by atoms with E-state index in [1.54, 1.807) is 65.0 Å². The van der Waals surface area contributed by atoms with E-state index >= 15 is 0 Å². The number of hydrogen-bond acceptors (Lipinski definition) is 8. The van der Waals surface area contributed by atoms with Crippen molar-refractivity contribution in [1.82, 2.24) is 28.9 Å². The predicted molar refractivity (Wildman–Crippen MR) is 230 cm³/mol. The van der Waals surface area contributed by atoms with Crippen LogP contribution >= 0.6 is 0 Å². The molecule has 2 aromatic heterocycles. The SMILES string of the molecule is COc1cc(/C=C2\OCCN([C@@H](C)c3cc(F)c(F)c(F)c3)C2=O)ccc1-n1cnc(C)c1.COc1cc(/C=C2\OCCN([C@H](C)c3cc(F)c(F)c(F)c3)C2=O)ccc1-n1cnc(C)c1. The number of morpholine rings is 2. The van der Waals surface area contributed by atoms with Gasteiger partial charge in [0.15, 0.2) is 46.4 Å². The van der Waals surface area contributed by atoms with Crippen LogP contribution in [0.5, 0.6) is 11.5 Å². The molecule has 0 aliphatic carbocycles. The van der Waals surface area contributed by atoms with Gasteiger partial charge in [0, 0.05) is 12.4 Å². The predicted octanol–water partition coefficient (Wildman–Crippen LogP) is 9.14. The quantitative estimate of drug-likeness (QED) is 0.0761. The maximum atomic E-state index is 13.7. The first-order valence-corrected chi connectivity index (χ1v) is 20.5. The first-order valence-electron chi connectivity index (χ1n) is 20.5. The average Bonchev–Trinajstić information content (AvgIpc) is 3.95. The van der Waals surface area contributed by atoms with Gasteiger partial charge in [0.25, 0.3) is 11.8 Å². The van der Waals surface area contributed by atoms with Crippen molar-refractivity contribution < 1.29 is 54.9 Å². The monoisotopic (exact) mass is 914 g/mol. The van der Waals surface area contributed by atoms with Gasteiger partial charge in [-0.1, -0.05) is 12.1 Å². The molecule has 2 atom stereocenters. The highest BCUT2D eigenvalue weighted by Crippen LogP contribution is 2.32. The normalized spacial score (nSPS) is 16.1. The molecule has 0 bridgehead atoms. The number of aromatic nitrogens is 4. The van der Waals surface area contributed by atoms with Crippen molar-refractivity contribution in [2.45, 2.75) is 39.8 Å². The summed E-state index contributed by atoms with van der Waals surface area (Å²) >= 11 is 0. The third-order valence-corrected chi connectivity index (χ3v) is 11.0. The molecule has 66 heavy (non-hydrogen) atoms. The van der Waals surface area contributed by atoms with Gasteiger partial charge in [0.2, 0.25) is 0 Å². The number of imidazole rings is 2. The largest absolute Gasteiger partial charge is 0.495 e. The molecule has 2 fully saturated rings. The first-order chi connectivity index (χ1) is 31.6. The molecule has 4 heterocycles. The summed E-state index contributed by atoms with van der Waals surface area (Å²) in [7, 11) is 3.10. The van der Waals surface area contributed by atoms with Crippen LogP contribution in [0.1, 0.15) is 59.6 Å². The number of nitrogens with zero attached hydrogens (tertiary/aromatic N) is 6. The zero-order valence-electron chi connectivity index (χ0n) is 36.6. The van der Waals surface area contributed by atoms with E-state index in [2.05, 4.69) is 9.97 Å². The number of ether oxygens (including phenoxy) is 4. The van der Waals surface area contributed by atoms with Crippen LogP contribution in [0.2, 0.25) is 0 Å². The minimum Gasteiger partial charge on any atom is -0.495 e. The van der Waals surface area contributed by atoms with E-state index in [-0.39, 0.29) is 48.9 Å². The second kappa shape index (κ2) is 19.7. The van der Waals surface area contributed by atoms with Crippen molar-refractivity contribution >= 4 is 24.0 Å². The summed E-state index contributed by atoms with van der Waals surface area (Å²) in [5.41, 5.74) is 4.94. The zero-order chi connectivity index (χ0) is 47.4. The Bertz CT molecular complexity index is 2620. The molecule has 0 unspecified atom stereocenters. The number of benzene rings is 4. The summed E-state index contributed by atoms with van der Waals surface area (Å²) in [4.78, 5) is 37.4. The topological polar surface area (TPSA) is 113 Å². The Morgan fingerprint density at radius 3 is 1.27 bits per heavy atom. The number of methoxy groups -OCH3 is 2. The fraction of sp³-hybridized carbons (Fsp3) is 0.250. The van der Waals surface area contributed by atoms with Crippen molar-refractivity contribution in [2.75, 3.05) is 40.5 Å². The third kappa shape index (κ3) is 9.91. The number of hydrogen-bond donors (Lipinski definition) is 0. The Morgan fingerprint density at radius 2 is 0.955 bits per heavy atom. The Kier molecular flexibility index (Phi) is 13.9. The Balaban J connectivity index is 0.000000196. The van der Waals surface area contributed by atoms with Gasteiger partial charge in [-0.3, -0.25) is 9.59 Å². The smallest absolute Gasteiger partial charge is 0.289 e. The molecule has 6 aromatic rings. The molecule has 12 nitrogen and oxygen atoms in total. The maximum absolute atomic E-state index is 13.7. The van der Waals surface area contributed by atoms with E-state index in [4.69, 9.17) is 18.9 Å². The summed E-state index contributed by atoms with van der Waals surface area (Å²) in [5.74, 6) is -7.82. The van der Waals surface area contributed by atoms with Gasteiger partial charge in [0.1, 0.15) is 24.7 Å². The standard InChI is InChI=1S/2C24H22F3N3O3/c2*1-14-12-29(13-28-14)20-5-4-16(8-21(20)32-3)9-22-24(31)30(6-7-33-22)15(2)17-10-18(25)23(27)19(26)11-17/h2*4-5,8-13,15H,6-7H2,1-3H3/b2*22-9-/t2*15-/m10/s1. The summed E-state index contributed by atoms with van der Waals surface area (Å²) in [6.45, 7) is 7.87. The molecule has 0 saturated carbocycles. The van der Waals surface area contributed by atoms with Gasteiger partial charge in [-0.15, -0.1) is 0 Å². The van der Waals surface area contributed by atoms with Crippen molar-refractivity contribution in [1.29, 1.82) is 0 Å². The summed E-state index contributed by atoms with van der Waals surface area (Å²) < 4.78 is 107. The van der Waals surface area contributed by atoms with Crippen molar-refractivity contribution in [2.24, 2.45) is 0 Å². The zero-order valence-corrected chi connectivity index (χ0v) is 36.6. The van der Waals surface area contributed by atoms with Crippen LogP contribution in [-0.2, 0) is 19.1 Å². The van der Waals surface area contributed by atoms with Crippen LogP contribution in [0.4, 0.5) is 26.3 Å². The lowest BCUT2D eigenvalue weighted by atomic mass is 10.0. The summed E-state index contributed by atoms with van der Waals surface area (Å²) in [6.07, 6.45) is 10.3. The number of halogens is 6. The molecule has 2 aliphatic heterocycles. The lowest BCUT2D eigenvalue weighted by Crippen LogP contribution is -2.41. The number of carbonyl (C=O) groups is 2. The van der Waals surface area contributed by atoms with Crippen LogP contribution in [0.3, 0.4) is 0 Å². The fourth-order valence-corrected chi connectivity index (χ4v) is 7.46. The first kappa shape index (κ1) is 46.5. The number of carbonyl (C=O) groups excluding carboxylic acids is 2. The van der Waals surface area contributed by atoms with E-state index in [9.17, 15) is 35.9 Å². The average molecular weight is 915 g/mol. The highest BCUT2D eigenvalue weighted by molar-refractivity contribution is 5.97. The number of amides is 2. The van der Waals surface area contributed by atoms with Gasteiger partial charge in [-0.2, -0.15) is 0 Å². The van der Waals surface area contributed by atoms with E-state index in [1.807, 2.05) is 59.6 Å². The van der Waals surface area contributed by atoms with Crippen molar-refractivity contribution in [3.63, 3.8) is 0 Å². The second-order valence-electron chi connectivity index (χ2n) is 15.4. The molecular weight excluding hydrogens is 871 g/mol. The van der Waals surface area contributed by atoms with Gasteiger partial charge >= 0.3 is 0 Å². The Hall–Kier alpha value is -7.50. The molecule has 2 saturated heterocycles. The molecule has 0 spiro atoms. The minimum atomic E-state index is -1.54. The molecule has 4 aromatic carbocycles. The second-order valence-corrected chi connectivity index (χ2v) is 15.4. The third-order valence-electron chi connectivity index (χ3n) is 11.0. The van der Waals surface area contributed by atoms with Crippen LogP contribution in [0, 0.1) is 48.8 Å². The summed E-state index contributed by atoms with van der Waals surface area (Å²) in [5, 5.41) is 0. The van der Waals surface area contributed by atoms with E-state index < -0.39 is 58.8 Å². The van der Waals surface area contributed by atoms with Gasteiger partial charge in [-0.05, 0) is 111 Å². The molecular formula is C48H44F6N6O6. The van der Waals surface area contributed by atoms with Crippen molar-refractivity contribution in [3.05, 3.63) is 166 Å². The van der Waals surface area contributed by atoms with Gasteiger partial charge < -0.3 is 37.9 Å². The Labute approximate surface area is 375 Å². The lowest BCUT2D eigenvalue weighted by molar-refractivity contribution is -0.138. The van der Waals surface area contributed by atoms with Gasteiger partial charge in [0.05, 0.1) is 74.8 Å². The van der Waals surface area contributed by atoms with Gasteiger partial charge in [-0.25, -0.2) is 36.3 Å². The Morgan fingerprint density at radius 1 is 0.591 bits per heavy atom. The lowest BCUT2D eigenvalue weighted by Gasteiger charge is -2.34. The van der Waals surface area contributed by atoms with E-state index in [0.29, 0.717) is 22.6 Å². The maximum Gasteiger partial charge on any atom is 0.289 e. The molecule has 344 valence electrons. The van der Waals surface area contributed by atoms with Crippen molar-refractivity contribution in [3.8, 4) is 22.9 Å². The fourth-order valence-electron chi connectivity index (χ4n) is 7.46. The molecule has 0 radical (unpaired) electrons. The molecule has 0 N–H and O–H groups in total. The number of aryl methyl sites for hydroxylation is 2. The molecule has 2 aliphatic rings. The minimum absolute atomic E-state index is 0.0874. The van der Waals surface area contributed by atoms with Crippen LogP contribution < -0.4 is 9.47 Å². The number of rotatable bonds is 10. The van der Waals surface area contributed by atoms with Crippen LogP contribution in [-0.4, -0.2) is 81.2 Å². The van der Waals surface area contributed by atoms with E-state index in [1.165, 1.54) is 9.80 Å². The highest BCUT2D eigenvalue weighted by Gasteiger charge is 2.32. The molecule has 2 amide bonds. The summed E-state index contributed by atoms with van der Waals surface area (Å²) in [6, 6.07) is 13.1. The van der Waals surface area contributed by atoms with Crippen LogP contribution in [0.25, 0.3) is 23.5 Å². The van der Waals surface area contributed by atoms with Crippen LogP contribution in [0.15, 0.2) is 97.2 Å². The molecule has 18 heteroatoms. The molecule has 8 rings (SSSR count). The highest BCUT2D eigenvalue weighted by atomic mass is 19.2. The van der Waals surface area contributed by atoms with E-state index in [0.717, 1.165) is 47.0 Å².